The van der Waals surface area contributed by atoms with Crippen molar-refractivity contribution in [3.8, 4) is 23.3 Å². The summed E-state index contributed by atoms with van der Waals surface area (Å²) in [6, 6.07) is 16.2. The van der Waals surface area contributed by atoms with E-state index in [0.717, 1.165) is 48.2 Å². The van der Waals surface area contributed by atoms with Crippen LogP contribution in [0.5, 0.6) is 11.5 Å². The van der Waals surface area contributed by atoms with E-state index in [-0.39, 0.29) is 0 Å². The first-order valence-electron chi connectivity index (χ1n) is 11.7. The molecule has 0 heterocycles. The van der Waals surface area contributed by atoms with Gasteiger partial charge in [0.15, 0.2) is 0 Å². The maximum absolute atomic E-state index is 6.03. The quantitative estimate of drug-likeness (QED) is 0.324. The molecule has 0 aromatic heterocycles. The molecule has 3 rings (SSSR count). The van der Waals surface area contributed by atoms with E-state index >= 15 is 0 Å². The maximum atomic E-state index is 6.03. The summed E-state index contributed by atoms with van der Waals surface area (Å²) in [5.74, 6) is 9.99. The van der Waals surface area contributed by atoms with Gasteiger partial charge in [-0.25, -0.2) is 0 Å². The van der Waals surface area contributed by atoms with Crippen LogP contribution >= 0.6 is 0 Å². The largest absolute Gasteiger partial charge is 0.494 e. The normalized spacial score (nSPS) is 18.3. The van der Waals surface area contributed by atoms with Gasteiger partial charge in [0.25, 0.3) is 0 Å². The molecule has 0 N–H and O–H groups in total. The number of hydrogen-bond acceptors (Lipinski definition) is 2. The van der Waals surface area contributed by atoms with Crippen LogP contribution in [-0.2, 0) is 0 Å². The number of unbranched alkanes of at least 4 members (excludes halogenated alkanes) is 2. The van der Waals surface area contributed by atoms with Crippen molar-refractivity contribution in [2.24, 2.45) is 11.8 Å². The Hall–Kier alpha value is -2.40. The van der Waals surface area contributed by atoms with Gasteiger partial charge in [-0.3, -0.25) is 0 Å². The van der Waals surface area contributed by atoms with E-state index in [2.05, 4.69) is 25.7 Å². The highest BCUT2D eigenvalue weighted by Crippen LogP contribution is 2.31. The van der Waals surface area contributed by atoms with Gasteiger partial charge < -0.3 is 9.47 Å². The van der Waals surface area contributed by atoms with Crippen LogP contribution in [0.3, 0.4) is 0 Å². The third-order valence-corrected chi connectivity index (χ3v) is 6.11. The number of ether oxygens (including phenoxy) is 2. The van der Waals surface area contributed by atoms with E-state index in [0.29, 0.717) is 5.92 Å². The fraction of sp³-hybridized carbons (Fsp3) is 0.500. The van der Waals surface area contributed by atoms with Gasteiger partial charge in [0.05, 0.1) is 13.2 Å². The Balaban J connectivity index is 1.44. The summed E-state index contributed by atoms with van der Waals surface area (Å²) >= 11 is 0. The van der Waals surface area contributed by atoms with E-state index < -0.39 is 0 Å². The molecule has 160 valence electrons. The van der Waals surface area contributed by atoms with Crippen LogP contribution in [0.25, 0.3) is 0 Å². The average molecular weight is 405 g/mol. The second kappa shape index (κ2) is 12.3. The third kappa shape index (κ3) is 7.45. The van der Waals surface area contributed by atoms with Crippen molar-refractivity contribution in [2.45, 2.75) is 65.2 Å². The molecule has 2 aromatic carbocycles. The Kier molecular flexibility index (Phi) is 9.16. The zero-order valence-corrected chi connectivity index (χ0v) is 18.7. The van der Waals surface area contributed by atoms with Gasteiger partial charge in [-0.2, -0.15) is 0 Å². The van der Waals surface area contributed by atoms with Crippen LogP contribution in [0.4, 0.5) is 0 Å². The number of benzene rings is 2. The van der Waals surface area contributed by atoms with Crippen molar-refractivity contribution in [3.05, 3.63) is 59.7 Å². The zero-order chi connectivity index (χ0) is 21.0. The van der Waals surface area contributed by atoms with E-state index in [1.54, 1.807) is 0 Å². The van der Waals surface area contributed by atoms with E-state index in [4.69, 9.17) is 9.47 Å². The number of hydrogen-bond donors (Lipinski definition) is 0. The first-order chi connectivity index (χ1) is 14.8. The molecular formula is C28H36O2. The molecule has 1 fully saturated rings. The van der Waals surface area contributed by atoms with Crippen LogP contribution in [0.2, 0.25) is 0 Å². The maximum Gasteiger partial charge on any atom is 0.119 e. The summed E-state index contributed by atoms with van der Waals surface area (Å²) in [6.45, 7) is 6.14. The Labute approximate surface area is 183 Å². The van der Waals surface area contributed by atoms with Crippen LogP contribution in [0, 0.1) is 23.7 Å². The molecule has 2 heteroatoms. The first-order valence-corrected chi connectivity index (χ1v) is 11.7. The second-order valence-corrected chi connectivity index (χ2v) is 8.46. The fourth-order valence-electron chi connectivity index (χ4n) is 3.98. The van der Waals surface area contributed by atoms with Crippen LogP contribution in [-0.4, -0.2) is 13.2 Å². The SMILES string of the molecule is CCCCCOc1ccc(C#Cc2ccc(OC[C@H]3CC[C@H](CC)CC3)cc2)cc1. The van der Waals surface area contributed by atoms with Gasteiger partial charge in [0, 0.05) is 11.1 Å². The molecule has 2 nitrogen and oxygen atoms in total. The van der Waals surface area contributed by atoms with Crippen molar-refractivity contribution in [3.63, 3.8) is 0 Å². The molecule has 0 radical (unpaired) electrons. The van der Waals surface area contributed by atoms with E-state index in [1.165, 1.54) is 44.9 Å². The molecule has 0 saturated heterocycles. The zero-order valence-electron chi connectivity index (χ0n) is 18.7. The molecule has 0 aliphatic heterocycles. The highest BCUT2D eigenvalue weighted by molar-refractivity contribution is 5.45. The Bertz CT molecular complexity index is 787. The molecule has 1 aliphatic carbocycles. The predicted molar refractivity (Wildman–Crippen MR) is 125 cm³/mol. The van der Waals surface area contributed by atoms with Crippen LogP contribution in [0.15, 0.2) is 48.5 Å². The molecule has 2 aromatic rings. The molecule has 0 spiro atoms. The summed E-state index contributed by atoms with van der Waals surface area (Å²) in [4.78, 5) is 0. The molecule has 1 aliphatic rings. The first kappa shape index (κ1) is 22.3. The molecular weight excluding hydrogens is 368 g/mol. The van der Waals surface area contributed by atoms with Gasteiger partial charge in [-0.15, -0.1) is 0 Å². The Morgan fingerprint density at radius 2 is 1.23 bits per heavy atom. The fourth-order valence-corrected chi connectivity index (χ4v) is 3.98. The Morgan fingerprint density at radius 1 is 0.700 bits per heavy atom. The topological polar surface area (TPSA) is 18.5 Å². The standard InChI is InChI=1S/C28H36O2/c1-3-5-6-21-29-27-17-13-24(14-18-27)9-10-25-15-19-28(20-16-25)30-22-26-11-7-23(4-2)8-12-26/h13-20,23,26H,3-8,11-12,21-22H2,1-2H3/t23-,26-. The average Bonchev–Trinajstić information content (AvgIpc) is 2.81. The summed E-state index contributed by atoms with van der Waals surface area (Å²) in [5.41, 5.74) is 2.00. The lowest BCUT2D eigenvalue weighted by atomic mass is 9.81. The van der Waals surface area contributed by atoms with Crippen molar-refractivity contribution < 1.29 is 9.47 Å². The third-order valence-electron chi connectivity index (χ3n) is 6.11. The van der Waals surface area contributed by atoms with Gasteiger partial charge in [0.1, 0.15) is 11.5 Å². The minimum atomic E-state index is 0.714. The summed E-state index contributed by atoms with van der Waals surface area (Å²) in [7, 11) is 0. The minimum Gasteiger partial charge on any atom is -0.494 e. The lowest BCUT2D eigenvalue weighted by Crippen LogP contribution is -2.19. The lowest BCUT2D eigenvalue weighted by Gasteiger charge is -2.27. The van der Waals surface area contributed by atoms with Crippen molar-refractivity contribution in [1.29, 1.82) is 0 Å². The summed E-state index contributed by atoms with van der Waals surface area (Å²) in [5, 5.41) is 0. The highest BCUT2D eigenvalue weighted by Gasteiger charge is 2.20. The highest BCUT2D eigenvalue weighted by atomic mass is 16.5. The van der Waals surface area contributed by atoms with E-state index in [1.807, 2.05) is 48.5 Å². The number of rotatable bonds is 9. The van der Waals surface area contributed by atoms with Crippen LogP contribution in [0.1, 0.15) is 76.3 Å². The van der Waals surface area contributed by atoms with E-state index in [9.17, 15) is 0 Å². The van der Waals surface area contributed by atoms with Crippen molar-refractivity contribution >= 4 is 0 Å². The summed E-state index contributed by atoms with van der Waals surface area (Å²) in [6.07, 6.45) is 10.2. The lowest BCUT2D eigenvalue weighted by molar-refractivity contribution is 0.181. The van der Waals surface area contributed by atoms with Gasteiger partial charge in [0.2, 0.25) is 0 Å². The molecule has 0 unspecified atom stereocenters. The molecule has 30 heavy (non-hydrogen) atoms. The molecule has 0 amide bonds. The van der Waals surface area contributed by atoms with Crippen molar-refractivity contribution in [1.82, 2.24) is 0 Å². The summed E-state index contributed by atoms with van der Waals surface area (Å²) < 4.78 is 11.8. The monoisotopic (exact) mass is 404 g/mol. The van der Waals surface area contributed by atoms with Gasteiger partial charge in [-0.05, 0) is 79.6 Å². The van der Waals surface area contributed by atoms with Crippen molar-refractivity contribution in [2.75, 3.05) is 13.2 Å². The molecule has 0 atom stereocenters. The predicted octanol–water partition coefficient (Wildman–Crippen LogP) is 7.25. The van der Waals surface area contributed by atoms with Crippen LogP contribution < -0.4 is 9.47 Å². The smallest absolute Gasteiger partial charge is 0.119 e. The second-order valence-electron chi connectivity index (χ2n) is 8.46. The molecule has 0 bridgehead atoms. The van der Waals surface area contributed by atoms with Gasteiger partial charge >= 0.3 is 0 Å². The minimum absolute atomic E-state index is 0.714. The Morgan fingerprint density at radius 3 is 1.77 bits per heavy atom. The van der Waals surface area contributed by atoms with Gasteiger partial charge in [-0.1, -0.05) is 57.8 Å². The molecule has 1 saturated carbocycles.